The van der Waals surface area contributed by atoms with Crippen LogP contribution in [0.4, 0.5) is 0 Å². The number of nitrogens with zero attached hydrogens (tertiary/aromatic N) is 2. The Morgan fingerprint density at radius 1 is 1.21 bits per heavy atom. The summed E-state index contributed by atoms with van der Waals surface area (Å²) in [6.45, 7) is 0.149. The van der Waals surface area contributed by atoms with Crippen molar-refractivity contribution in [3.8, 4) is 0 Å². The van der Waals surface area contributed by atoms with Crippen LogP contribution in [-0.4, -0.2) is 32.6 Å². The molecule has 3 rings (SSSR count). The minimum absolute atomic E-state index is 0.0164. The fraction of sp³-hybridized carbons (Fsp3) is 0.438. The first-order valence-electron chi connectivity index (χ1n) is 7.73. The average Bonchev–Trinajstić information content (AvgIpc) is 3.01. The summed E-state index contributed by atoms with van der Waals surface area (Å²) in [5.74, 6) is -0.664. The molecule has 0 spiro atoms. The highest BCUT2D eigenvalue weighted by atomic mass is 35.5. The molecule has 1 fully saturated rings. The van der Waals surface area contributed by atoms with Gasteiger partial charge in [-0.1, -0.05) is 28.4 Å². The third kappa shape index (κ3) is 4.06. The van der Waals surface area contributed by atoms with Gasteiger partial charge in [0.1, 0.15) is 5.69 Å². The zero-order chi connectivity index (χ0) is 17.1. The van der Waals surface area contributed by atoms with Crippen LogP contribution in [0.3, 0.4) is 0 Å². The minimum atomic E-state index is -1.08. The number of carbonyl (C=O) groups is 1. The summed E-state index contributed by atoms with van der Waals surface area (Å²) in [4.78, 5) is 11.0. The zero-order valence-electron chi connectivity index (χ0n) is 12.8. The second-order valence-electron chi connectivity index (χ2n) is 5.93. The molecular weight excluding hydrogens is 353 g/mol. The van der Waals surface area contributed by atoms with Crippen LogP contribution in [0.2, 0.25) is 10.0 Å². The molecule has 24 heavy (non-hydrogen) atoms. The van der Waals surface area contributed by atoms with Crippen molar-refractivity contribution >= 4 is 29.2 Å². The van der Waals surface area contributed by atoms with Crippen LogP contribution in [0, 0.1) is 0 Å². The summed E-state index contributed by atoms with van der Waals surface area (Å²) in [6, 6.07) is 5.67. The van der Waals surface area contributed by atoms with E-state index in [0.29, 0.717) is 21.7 Å². The second kappa shape index (κ2) is 7.51. The van der Waals surface area contributed by atoms with Gasteiger partial charge in [-0.2, -0.15) is 0 Å². The lowest BCUT2D eigenvalue weighted by Crippen LogP contribution is -2.21. The molecular formula is C16H17Cl2N3O3. The van der Waals surface area contributed by atoms with Crippen molar-refractivity contribution in [2.75, 3.05) is 0 Å². The molecule has 1 aliphatic rings. The zero-order valence-corrected chi connectivity index (χ0v) is 14.3. The van der Waals surface area contributed by atoms with Gasteiger partial charge in [-0.25, -0.2) is 4.79 Å². The highest BCUT2D eigenvalue weighted by Gasteiger charge is 2.24. The molecule has 0 aliphatic heterocycles. The Hall–Kier alpha value is -1.63. The van der Waals surface area contributed by atoms with E-state index in [1.165, 1.54) is 0 Å². The number of aromatic amines is 1. The molecule has 2 aromatic rings. The van der Waals surface area contributed by atoms with Crippen LogP contribution >= 0.6 is 23.2 Å². The number of H-pyrrole nitrogens is 1. The summed E-state index contributed by atoms with van der Waals surface area (Å²) in [5.41, 5.74) is 1.47. The minimum Gasteiger partial charge on any atom is -0.476 e. The topological polar surface area (TPSA) is 88.1 Å². The summed E-state index contributed by atoms with van der Waals surface area (Å²) in [7, 11) is 0. The number of carboxylic acids is 1. The maximum Gasteiger partial charge on any atom is 0.355 e. The lowest BCUT2D eigenvalue weighted by Gasteiger charge is -2.29. The van der Waals surface area contributed by atoms with Crippen molar-refractivity contribution in [2.45, 2.75) is 44.3 Å². The number of nitrogens with one attached hydrogen (secondary N) is 1. The van der Waals surface area contributed by atoms with E-state index in [1.54, 1.807) is 6.07 Å². The van der Waals surface area contributed by atoms with E-state index in [9.17, 15) is 4.79 Å². The Morgan fingerprint density at radius 3 is 2.50 bits per heavy atom. The van der Waals surface area contributed by atoms with E-state index >= 15 is 0 Å². The molecule has 0 saturated heterocycles. The molecule has 2 N–H and O–H groups in total. The van der Waals surface area contributed by atoms with Crippen molar-refractivity contribution in [1.29, 1.82) is 0 Å². The molecule has 8 heteroatoms. The van der Waals surface area contributed by atoms with Crippen LogP contribution in [0.5, 0.6) is 0 Å². The Balaban J connectivity index is 1.53. The van der Waals surface area contributed by atoms with Gasteiger partial charge in [0, 0.05) is 10.0 Å². The first kappa shape index (κ1) is 17.2. The number of benzene rings is 1. The molecule has 6 nitrogen and oxygen atoms in total. The monoisotopic (exact) mass is 369 g/mol. The number of halogens is 2. The van der Waals surface area contributed by atoms with Crippen LogP contribution in [0.15, 0.2) is 18.2 Å². The van der Waals surface area contributed by atoms with Gasteiger partial charge in [0.05, 0.1) is 12.7 Å². The van der Waals surface area contributed by atoms with Crippen LogP contribution in [-0.2, 0) is 11.3 Å². The summed E-state index contributed by atoms with van der Waals surface area (Å²) in [5, 5.41) is 20.0. The largest absolute Gasteiger partial charge is 0.476 e. The molecule has 1 heterocycles. The molecule has 0 bridgehead atoms. The van der Waals surface area contributed by atoms with E-state index in [0.717, 1.165) is 31.2 Å². The van der Waals surface area contributed by atoms with E-state index in [-0.39, 0.29) is 18.4 Å². The number of hydrogen-bond donors (Lipinski definition) is 2. The van der Waals surface area contributed by atoms with E-state index in [2.05, 4.69) is 15.4 Å². The van der Waals surface area contributed by atoms with Crippen molar-refractivity contribution < 1.29 is 14.6 Å². The number of aromatic nitrogens is 3. The highest BCUT2D eigenvalue weighted by Crippen LogP contribution is 2.36. The standard InChI is InChI=1S/C16H17Cl2N3O3/c17-11-5-10(6-12(18)7-11)9-1-3-13(4-2-9)24-8-14-15(16(22)23)20-21-19-14/h5-7,9,13H,1-4,8H2,(H,22,23)(H,19,20,21). The first-order valence-corrected chi connectivity index (χ1v) is 8.49. The molecule has 0 unspecified atom stereocenters. The van der Waals surface area contributed by atoms with Gasteiger partial charge in [-0.15, -0.1) is 5.10 Å². The average molecular weight is 370 g/mol. The van der Waals surface area contributed by atoms with Crippen LogP contribution < -0.4 is 0 Å². The smallest absolute Gasteiger partial charge is 0.355 e. The lowest BCUT2D eigenvalue weighted by atomic mass is 9.83. The number of carboxylic acid groups (broad SMARTS) is 1. The highest BCUT2D eigenvalue weighted by molar-refractivity contribution is 6.34. The number of aromatic carboxylic acids is 1. The lowest BCUT2D eigenvalue weighted by molar-refractivity contribution is 0.0111. The van der Waals surface area contributed by atoms with Crippen molar-refractivity contribution in [3.63, 3.8) is 0 Å². The van der Waals surface area contributed by atoms with Gasteiger partial charge in [0.25, 0.3) is 0 Å². The summed E-state index contributed by atoms with van der Waals surface area (Å²) < 4.78 is 5.81. The molecule has 128 valence electrons. The molecule has 1 aromatic heterocycles. The molecule has 0 amide bonds. The fourth-order valence-corrected chi connectivity index (χ4v) is 3.64. The number of ether oxygens (including phenoxy) is 1. The van der Waals surface area contributed by atoms with Crippen molar-refractivity contribution in [1.82, 2.24) is 15.4 Å². The van der Waals surface area contributed by atoms with Gasteiger partial charge in [0.15, 0.2) is 5.69 Å². The van der Waals surface area contributed by atoms with E-state index < -0.39 is 5.97 Å². The van der Waals surface area contributed by atoms with Gasteiger partial charge >= 0.3 is 5.97 Å². The van der Waals surface area contributed by atoms with Crippen LogP contribution in [0.25, 0.3) is 0 Å². The Bertz CT molecular complexity index is 707. The summed E-state index contributed by atoms with van der Waals surface area (Å²) >= 11 is 12.1. The molecule has 0 radical (unpaired) electrons. The third-order valence-corrected chi connectivity index (χ3v) is 4.76. The third-order valence-electron chi connectivity index (χ3n) is 4.32. The number of hydrogen-bond acceptors (Lipinski definition) is 4. The molecule has 1 aliphatic carbocycles. The first-order chi connectivity index (χ1) is 11.5. The Morgan fingerprint density at radius 2 is 1.88 bits per heavy atom. The van der Waals surface area contributed by atoms with Gasteiger partial charge in [-0.3, -0.25) is 5.10 Å². The predicted molar refractivity (Wildman–Crippen MR) is 89.6 cm³/mol. The van der Waals surface area contributed by atoms with Crippen molar-refractivity contribution in [3.05, 3.63) is 45.2 Å². The van der Waals surface area contributed by atoms with E-state index in [1.807, 2.05) is 12.1 Å². The normalized spacial score (nSPS) is 20.9. The SMILES string of the molecule is O=C(O)c1[nH]nnc1COC1CCC(c2cc(Cl)cc(Cl)c2)CC1. The van der Waals surface area contributed by atoms with Crippen molar-refractivity contribution in [2.24, 2.45) is 0 Å². The van der Waals surface area contributed by atoms with Gasteiger partial charge in [-0.05, 0) is 55.4 Å². The van der Waals surface area contributed by atoms with Gasteiger partial charge < -0.3 is 9.84 Å². The van der Waals surface area contributed by atoms with Crippen LogP contribution in [0.1, 0.15) is 53.3 Å². The number of rotatable bonds is 5. The van der Waals surface area contributed by atoms with Gasteiger partial charge in [0.2, 0.25) is 0 Å². The Labute approximate surface area is 149 Å². The van der Waals surface area contributed by atoms with E-state index in [4.69, 9.17) is 33.0 Å². The summed E-state index contributed by atoms with van der Waals surface area (Å²) in [6.07, 6.45) is 3.84. The molecule has 1 aromatic carbocycles. The quantitative estimate of drug-likeness (QED) is 0.829. The fourth-order valence-electron chi connectivity index (χ4n) is 3.09. The second-order valence-corrected chi connectivity index (χ2v) is 6.80. The maximum absolute atomic E-state index is 11.0. The molecule has 1 saturated carbocycles. The molecule has 0 atom stereocenters. The maximum atomic E-state index is 11.0. The Kier molecular flexibility index (Phi) is 5.38. The predicted octanol–water partition coefficient (Wildman–Crippen LogP) is 4.05.